The maximum absolute atomic E-state index is 12.6. The summed E-state index contributed by atoms with van der Waals surface area (Å²) < 4.78 is 35.3. The average molecular weight is 367 g/mol. The first-order valence-corrected chi connectivity index (χ1v) is 9.27. The predicted octanol–water partition coefficient (Wildman–Crippen LogP) is 0.218. The number of hydrogen-bond donors (Lipinski definition) is 2. The first-order valence-electron chi connectivity index (χ1n) is 7.83. The van der Waals surface area contributed by atoms with Gasteiger partial charge in [0.05, 0.1) is 24.5 Å². The summed E-state index contributed by atoms with van der Waals surface area (Å²) in [6, 6.07) is 2.15. The molecule has 1 saturated heterocycles. The van der Waals surface area contributed by atoms with Crippen LogP contribution in [0.15, 0.2) is 29.0 Å². The van der Waals surface area contributed by atoms with Gasteiger partial charge in [0.15, 0.2) is 0 Å². The molecule has 2 N–H and O–H groups in total. The second-order valence-corrected chi connectivity index (χ2v) is 7.85. The summed E-state index contributed by atoms with van der Waals surface area (Å²) in [5.41, 5.74) is 1.50. The molecule has 0 bridgehead atoms. The second kappa shape index (κ2) is 6.62. The number of aromatic nitrogens is 2. The maximum atomic E-state index is 12.6. The standard InChI is InChI=1S/C15H21N5O4S/c1-10-12(9-19(2)17-10)13-7-14(20(3)25(22,23)18-13)15(21)16-8-11-5-4-6-24-11/h4-6,9,13-14,18H,7-8H2,1-3H3,(H,16,21)/t13-,14+/m0/s1. The van der Waals surface area contributed by atoms with Crippen molar-refractivity contribution < 1.29 is 17.6 Å². The van der Waals surface area contributed by atoms with Crippen LogP contribution in [-0.2, 0) is 28.6 Å². The SMILES string of the molecule is Cc1nn(C)cc1[C@@H]1C[C@H](C(=O)NCc2ccco2)N(C)S(=O)(=O)N1. The highest BCUT2D eigenvalue weighted by Gasteiger charge is 2.41. The molecule has 2 aromatic heterocycles. The minimum atomic E-state index is -3.77. The van der Waals surface area contributed by atoms with E-state index in [1.807, 2.05) is 6.92 Å². The highest BCUT2D eigenvalue weighted by Crippen LogP contribution is 2.29. The van der Waals surface area contributed by atoms with Crippen LogP contribution in [-0.4, -0.2) is 41.5 Å². The Bertz CT molecular complexity index is 859. The van der Waals surface area contributed by atoms with Gasteiger partial charge in [-0.25, -0.2) is 0 Å². The van der Waals surface area contributed by atoms with Gasteiger partial charge < -0.3 is 9.73 Å². The van der Waals surface area contributed by atoms with Crippen LogP contribution < -0.4 is 10.0 Å². The Morgan fingerprint density at radius 3 is 2.84 bits per heavy atom. The number of nitrogens with one attached hydrogen (secondary N) is 2. The zero-order valence-electron chi connectivity index (χ0n) is 14.3. The van der Waals surface area contributed by atoms with Crippen LogP contribution in [0.5, 0.6) is 0 Å². The van der Waals surface area contributed by atoms with Gasteiger partial charge in [0.25, 0.3) is 10.2 Å². The Balaban J connectivity index is 1.79. The van der Waals surface area contributed by atoms with E-state index in [9.17, 15) is 13.2 Å². The van der Waals surface area contributed by atoms with Gasteiger partial charge in [-0.05, 0) is 25.5 Å². The fourth-order valence-corrected chi connectivity index (χ4v) is 4.24. The number of rotatable bonds is 4. The molecule has 3 rings (SSSR count). The molecule has 2 aromatic rings. The quantitative estimate of drug-likeness (QED) is 0.803. The van der Waals surface area contributed by atoms with Crippen molar-refractivity contribution in [1.29, 1.82) is 0 Å². The number of furan rings is 1. The van der Waals surface area contributed by atoms with Crippen LogP contribution in [0.2, 0.25) is 0 Å². The molecular weight excluding hydrogens is 346 g/mol. The first-order chi connectivity index (χ1) is 11.8. The molecule has 3 heterocycles. The van der Waals surface area contributed by atoms with Crippen LogP contribution in [0.4, 0.5) is 0 Å². The van der Waals surface area contributed by atoms with Crippen molar-refractivity contribution in [3.8, 4) is 0 Å². The van der Waals surface area contributed by atoms with Crippen molar-refractivity contribution in [2.75, 3.05) is 7.05 Å². The van der Waals surface area contributed by atoms with Crippen LogP contribution in [0.25, 0.3) is 0 Å². The van der Waals surface area contributed by atoms with Crippen molar-refractivity contribution in [1.82, 2.24) is 24.1 Å². The van der Waals surface area contributed by atoms with Gasteiger partial charge in [-0.1, -0.05) is 0 Å². The van der Waals surface area contributed by atoms with E-state index in [0.29, 0.717) is 12.2 Å². The number of carbonyl (C=O) groups is 1. The molecule has 1 aliphatic heterocycles. The minimum absolute atomic E-state index is 0.209. The minimum Gasteiger partial charge on any atom is -0.467 e. The van der Waals surface area contributed by atoms with E-state index in [1.54, 1.807) is 30.1 Å². The summed E-state index contributed by atoms with van der Waals surface area (Å²) in [6.07, 6.45) is 3.60. The third-order valence-corrected chi connectivity index (χ3v) is 5.91. The van der Waals surface area contributed by atoms with Crippen molar-refractivity contribution in [3.05, 3.63) is 41.6 Å². The van der Waals surface area contributed by atoms with Crippen LogP contribution in [0.3, 0.4) is 0 Å². The van der Waals surface area contributed by atoms with Gasteiger partial charge in [-0.15, -0.1) is 0 Å². The van der Waals surface area contributed by atoms with Crippen LogP contribution in [0, 0.1) is 6.92 Å². The van der Waals surface area contributed by atoms with Crippen molar-refractivity contribution in [2.24, 2.45) is 7.05 Å². The fourth-order valence-electron chi connectivity index (χ4n) is 2.98. The number of likely N-dealkylation sites (N-methyl/N-ethyl adjacent to an activating group) is 1. The lowest BCUT2D eigenvalue weighted by molar-refractivity contribution is -0.125. The smallest absolute Gasteiger partial charge is 0.280 e. The predicted molar refractivity (Wildman–Crippen MR) is 89.5 cm³/mol. The summed E-state index contributed by atoms with van der Waals surface area (Å²) >= 11 is 0. The molecule has 0 unspecified atom stereocenters. The highest BCUT2D eigenvalue weighted by atomic mass is 32.2. The van der Waals surface area contributed by atoms with Crippen molar-refractivity contribution in [2.45, 2.75) is 32.0 Å². The molecule has 0 aromatic carbocycles. The molecule has 0 aliphatic carbocycles. The first kappa shape index (κ1) is 17.6. The summed E-state index contributed by atoms with van der Waals surface area (Å²) in [5, 5.41) is 6.98. The summed E-state index contributed by atoms with van der Waals surface area (Å²) in [4.78, 5) is 12.6. The van der Waals surface area contributed by atoms with Gasteiger partial charge in [0, 0.05) is 25.9 Å². The van der Waals surface area contributed by atoms with E-state index in [2.05, 4.69) is 15.1 Å². The van der Waals surface area contributed by atoms with E-state index in [1.165, 1.54) is 13.3 Å². The Hall–Kier alpha value is -2.17. The lowest BCUT2D eigenvalue weighted by Gasteiger charge is -2.35. The zero-order chi connectivity index (χ0) is 18.2. The van der Waals surface area contributed by atoms with Gasteiger partial charge in [0.1, 0.15) is 11.8 Å². The molecular formula is C15H21N5O4S. The molecule has 0 radical (unpaired) electrons. The molecule has 1 amide bonds. The molecule has 1 aliphatic rings. The number of carbonyl (C=O) groups excluding carboxylic acids is 1. The number of amides is 1. The lowest BCUT2D eigenvalue weighted by Crippen LogP contribution is -2.57. The van der Waals surface area contributed by atoms with E-state index in [-0.39, 0.29) is 12.5 Å². The van der Waals surface area contributed by atoms with Gasteiger partial charge in [0.2, 0.25) is 5.91 Å². The van der Waals surface area contributed by atoms with Crippen LogP contribution in [0.1, 0.15) is 29.5 Å². The summed E-state index contributed by atoms with van der Waals surface area (Å²) in [6.45, 7) is 2.02. The molecule has 1 fully saturated rings. The number of aryl methyl sites for hydroxylation is 2. The summed E-state index contributed by atoms with van der Waals surface area (Å²) in [7, 11) is -0.605. The molecule has 0 saturated carbocycles. The molecule has 9 nitrogen and oxygen atoms in total. The third kappa shape index (κ3) is 3.60. The van der Waals surface area contributed by atoms with Crippen LogP contribution >= 0.6 is 0 Å². The Kier molecular flexibility index (Phi) is 4.67. The lowest BCUT2D eigenvalue weighted by atomic mass is 10.00. The number of nitrogens with zero attached hydrogens (tertiary/aromatic N) is 3. The second-order valence-electron chi connectivity index (χ2n) is 6.08. The molecule has 25 heavy (non-hydrogen) atoms. The Morgan fingerprint density at radius 2 is 2.24 bits per heavy atom. The average Bonchev–Trinajstić information content (AvgIpc) is 3.16. The Labute approximate surface area is 146 Å². The fraction of sp³-hybridized carbons (Fsp3) is 0.467. The van der Waals surface area contributed by atoms with Gasteiger partial charge in [-0.3, -0.25) is 9.48 Å². The Morgan fingerprint density at radius 1 is 1.48 bits per heavy atom. The maximum Gasteiger partial charge on any atom is 0.280 e. The molecule has 2 atom stereocenters. The number of hydrogen-bond acceptors (Lipinski definition) is 5. The topological polar surface area (TPSA) is 109 Å². The van der Waals surface area contributed by atoms with Crippen molar-refractivity contribution >= 4 is 16.1 Å². The van der Waals surface area contributed by atoms with E-state index < -0.39 is 22.3 Å². The zero-order valence-corrected chi connectivity index (χ0v) is 15.1. The van der Waals surface area contributed by atoms with E-state index in [4.69, 9.17) is 4.42 Å². The van der Waals surface area contributed by atoms with E-state index in [0.717, 1.165) is 15.6 Å². The van der Waals surface area contributed by atoms with E-state index >= 15 is 0 Å². The monoisotopic (exact) mass is 367 g/mol. The van der Waals surface area contributed by atoms with Gasteiger partial charge >= 0.3 is 0 Å². The largest absolute Gasteiger partial charge is 0.467 e. The van der Waals surface area contributed by atoms with Crippen molar-refractivity contribution in [3.63, 3.8) is 0 Å². The molecule has 10 heteroatoms. The highest BCUT2D eigenvalue weighted by molar-refractivity contribution is 7.87. The molecule has 136 valence electrons. The third-order valence-electron chi connectivity index (χ3n) is 4.31. The molecule has 0 spiro atoms. The summed E-state index contributed by atoms with van der Waals surface area (Å²) in [5.74, 6) is 0.239. The van der Waals surface area contributed by atoms with Gasteiger partial charge in [-0.2, -0.15) is 22.5 Å². The normalized spacial score (nSPS) is 23.5.